The van der Waals surface area contributed by atoms with Crippen molar-refractivity contribution in [3.63, 3.8) is 0 Å². The number of halogens is 2. The second-order valence-corrected chi connectivity index (χ2v) is 5.96. The molecule has 0 saturated heterocycles. The van der Waals surface area contributed by atoms with Crippen molar-refractivity contribution in [2.45, 2.75) is 6.92 Å². The predicted molar refractivity (Wildman–Crippen MR) is 88.7 cm³/mol. The lowest BCUT2D eigenvalue weighted by molar-refractivity contribution is 0.0527. The van der Waals surface area contributed by atoms with Crippen LogP contribution in [0.25, 0.3) is 0 Å². The molecule has 100 valence electrons. The van der Waals surface area contributed by atoms with E-state index in [-0.39, 0.29) is 5.97 Å². The monoisotopic (exact) mass is 475 g/mol. The van der Waals surface area contributed by atoms with Gasteiger partial charge in [-0.25, -0.2) is 4.79 Å². The third-order valence-electron chi connectivity index (χ3n) is 2.30. The molecule has 0 aliphatic heterocycles. The molecule has 0 atom stereocenters. The summed E-state index contributed by atoms with van der Waals surface area (Å²) in [6, 6.07) is 1.80. The first-order chi connectivity index (χ1) is 8.43. The van der Waals surface area contributed by atoms with Crippen molar-refractivity contribution >= 4 is 56.8 Å². The molecule has 0 aromatic heterocycles. The van der Waals surface area contributed by atoms with Gasteiger partial charge in [-0.1, -0.05) is 0 Å². The summed E-state index contributed by atoms with van der Waals surface area (Å²) >= 11 is 4.35. The minimum absolute atomic E-state index is 0.306. The zero-order chi connectivity index (χ0) is 13.9. The zero-order valence-corrected chi connectivity index (χ0v) is 15.0. The fourth-order valence-corrected chi connectivity index (χ4v) is 4.18. The van der Waals surface area contributed by atoms with Crippen LogP contribution >= 0.6 is 45.2 Å². The summed E-state index contributed by atoms with van der Waals surface area (Å²) in [5, 5.41) is 0. The molecule has 0 spiro atoms. The lowest BCUT2D eigenvalue weighted by Gasteiger charge is -2.21. The van der Waals surface area contributed by atoms with Gasteiger partial charge in [0.05, 0.1) is 32.1 Å². The molecule has 0 heterocycles. The number of anilines is 1. The van der Waals surface area contributed by atoms with Crippen molar-refractivity contribution in [3.05, 3.63) is 18.8 Å². The number of hydrogen-bond acceptors (Lipinski definition) is 4. The maximum Gasteiger partial charge on any atom is 0.340 e. The number of carbonyl (C=O) groups excluding carboxylic acids is 1. The van der Waals surface area contributed by atoms with Gasteiger partial charge in [-0.3, -0.25) is 0 Å². The molecule has 1 rings (SSSR count). The summed E-state index contributed by atoms with van der Waals surface area (Å²) in [5.74, 6) is 0.479. The minimum atomic E-state index is -0.306. The van der Waals surface area contributed by atoms with Crippen molar-refractivity contribution in [2.75, 3.05) is 32.7 Å². The molecule has 0 bridgehead atoms. The largest absolute Gasteiger partial charge is 0.494 e. The van der Waals surface area contributed by atoms with Crippen molar-refractivity contribution in [1.29, 1.82) is 0 Å². The average Bonchev–Trinajstić information content (AvgIpc) is 2.28. The first kappa shape index (κ1) is 15.8. The van der Waals surface area contributed by atoms with Gasteiger partial charge in [0.1, 0.15) is 5.75 Å². The summed E-state index contributed by atoms with van der Waals surface area (Å²) in [7, 11) is 5.42. The van der Waals surface area contributed by atoms with Gasteiger partial charge >= 0.3 is 5.97 Å². The molecule has 0 saturated carbocycles. The van der Waals surface area contributed by atoms with E-state index in [1.807, 2.05) is 19.0 Å². The fraction of sp³-hybridized carbons (Fsp3) is 0.417. The van der Waals surface area contributed by atoms with E-state index in [0.29, 0.717) is 12.2 Å². The van der Waals surface area contributed by atoms with Crippen LogP contribution < -0.4 is 9.64 Å². The Kier molecular flexibility index (Phi) is 5.96. The summed E-state index contributed by atoms with van der Waals surface area (Å²) in [4.78, 5) is 13.9. The highest BCUT2D eigenvalue weighted by Gasteiger charge is 2.22. The Morgan fingerprint density at radius 2 is 2.00 bits per heavy atom. The molecule has 1 aromatic carbocycles. The van der Waals surface area contributed by atoms with E-state index >= 15 is 0 Å². The highest BCUT2D eigenvalue weighted by atomic mass is 127. The van der Waals surface area contributed by atoms with Crippen molar-refractivity contribution < 1.29 is 14.3 Å². The van der Waals surface area contributed by atoms with Crippen molar-refractivity contribution in [2.24, 2.45) is 0 Å². The Labute approximate surface area is 134 Å². The summed E-state index contributed by atoms with van der Waals surface area (Å²) in [5.41, 5.74) is 1.39. The van der Waals surface area contributed by atoms with Crippen LogP contribution in [-0.4, -0.2) is 33.8 Å². The Bertz CT molecular complexity index is 461. The molecule has 0 N–H and O–H groups in total. The van der Waals surface area contributed by atoms with Crippen LogP contribution in [-0.2, 0) is 4.74 Å². The van der Waals surface area contributed by atoms with Gasteiger partial charge in [0, 0.05) is 14.1 Å². The normalized spacial score (nSPS) is 10.1. The second kappa shape index (κ2) is 6.78. The van der Waals surface area contributed by atoms with Gasteiger partial charge in [0.2, 0.25) is 0 Å². The molecular formula is C12H15I2NO3. The van der Waals surface area contributed by atoms with E-state index in [0.717, 1.165) is 18.6 Å². The van der Waals surface area contributed by atoms with Gasteiger partial charge in [0.25, 0.3) is 0 Å². The van der Waals surface area contributed by atoms with E-state index in [9.17, 15) is 4.79 Å². The molecule has 0 amide bonds. The highest BCUT2D eigenvalue weighted by molar-refractivity contribution is 14.1. The van der Waals surface area contributed by atoms with Crippen LogP contribution in [0.15, 0.2) is 6.07 Å². The molecule has 18 heavy (non-hydrogen) atoms. The maximum atomic E-state index is 12.0. The number of ether oxygens (including phenoxy) is 2. The highest BCUT2D eigenvalue weighted by Crippen LogP contribution is 2.37. The lowest BCUT2D eigenvalue weighted by atomic mass is 10.1. The SMILES string of the molecule is CCOC(=O)c1cc(I)c(OC)c(I)c1N(C)C. The van der Waals surface area contributed by atoms with Gasteiger partial charge < -0.3 is 14.4 Å². The maximum absolute atomic E-state index is 12.0. The van der Waals surface area contributed by atoms with Gasteiger partial charge in [-0.2, -0.15) is 0 Å². The van der Waals surface area contributed by atoms with Crippen LogP contribution in [0.2, 0.25) is 0 Å². The number of nitrogens with zero attached hydrogens (tertiary/aromatic N) is 1. The first-order valence-electron chi connectivity index (χ1n) is 5.34. The number of esters is 1. The number of carbonyl (C=O) groups is 1. The number of methoxy groups -OCH3 is 1. The third-order valence-corrected chi connectivity index (χ3v) is 4.10. The number of hydrogen-bond donors (Lipinski definition) is 0. The molecular weight excluding hydrogens is 460 g/mol. The quantitative estimate of drug-likeness (QED) is 0.496. The summed E-state index contributed by atoms with van der Waals surface area (Å²) in [6.07, 6.45) is 0. The number of rotatable bonds is 4. The van der Waals surface area contributed by atoms with Gasteiger partial charge in [-0.15, -0.1) is 0 Å². The Morgan fingerprint density at radius 3 is 2.44 bits per heavy atom. The van der Waals surface area contributed by atoms with Crippen LogP contribution in [0.3, 0.4) is 0 Å². The Balaban J connectivity index is 3.46. The smallest absolute Gasteiger partial charge is 0.340 e. The topological polar surface area (TPSA) is 38.8 Å². The fourth-order valence-electron chi connectivity index (χ4n) is 1.58. The Hall–Kier alpha value is -0.250. The van der Waals surface area contributed by atoms with Crippen LogP contribution in [0.4, 0.5) is 5.69 Å². The van der Waals surface area contributed by atoms with Gasteiger partial charge in [-0.05, 0) is 58.2 Å². The third kappa shape index (κ3) is 3.19. The number of benzene rings is 1. The van der Waals surface area contributed by atoms with E-state index in [1.54, 1.807) is 20.1 Å². The molecule has 6 heteroatoms. The first-order valence-corrected chi connectivity index (χ1v) is 7.50. The van der Waals surface area contributed by atoms with Crippen LogP contribution in [0.1, 0.15) is 17.3 Å². The molecule has 0 aliphatic rings. The summed E-state index contributed by atoms with van der Waals surface area (Å²) < 4.78 is 12.3. The second-order valence-electron chi connectivity index (χ2n) is 3.72. The summed E-state index contributed by atoms with van der Waals surface area (Å²) in [6.45, 7) is 2.16. The van der Waals surface area contributed by atoms with E-state index in [1.165, 1.54) is 0 Å². The van der Waals surface area contributed by atoms with Crippen molar-refractivity contribution in [1.82, 2.24) is 0 Å². The van der Waals surface area contributed by atoms with E-state index in [2.05, 4.69) is 45.2 Å². The Morgan fingerprint density at radius 1 is 1.39 bits per heavy atom. The van der Waals surface area contributed by atoms with Crippen LogP contribution in [0, 0.1) is 7.14 Å². The lowest BCUT2D eigenvalue weighted by Crippen LogP contribution is -2.18. The van der Waals surface area contributed by atoms with Gasteiger partial charge in [0.15, 0.2) is 0 Å². The molecule has 1 aromatic rings. The van der Waals surface area contributed by atoms with E-state index < -0.39 is 0 Å². The molecule has 4 nitrogen and oxygen atoms in total. The molecule has 0 fully saturated rings. The molecule has 0 aliphatic carbocycles. The minimum Gasteiger partial charge on any atom is -0.494 e. The predicted octanol–water partition coefficient (Wildman–Crippen LogP) is 3.15. The molecule has 0 unspecified atom stereocenters. The standard InChI is InChI=1S/C12H15I2NO3/c1-5-18-12(16)7-6-8(13)11(17-4)9(14)10(7)15(2)3/h6H,5H2,1-4H3. The van der Waals surface area contributed by atoms with Crippen LogP contribution in [0.5, 0.6) is 5.75 Å². The van der Waals surface area contributed by atoms with E-state index in [4.69, 9.17) is 9.47 Å². The molecule has 0 radical (unpaired) electrons. The zero-order valence-electron chi connectivity index (χ0n) is 10.7. The average molecular weight is 475 g/mol. The van der Waals surface area contributed by atoms with Crippen molar-refractivity contribution in [3.8, 4) is 5.75 Å².